The highest BCUT2D eigenvalue weighted by molar-refractivity contribution is 5.77. The molecule has 2 aliphatic rings. The molecule has 2 aromatic rings. The number of benzene rings is 2. The van der Waals surface area contributed by atoms with Crippen molar-refractivity contribution in [1.82, 2.24) is 0 Å². The van der Waals surface area contributed by atoms with E-state index in [2.05, 4.69) is 56.3 Å². The van der Waals surface area contributed by atoms with Gasteiger partial charge in [0.25, 0.3) is 0 Å². The van der Waals surface area contributed by atoms with Crippen molar-refractivity contribution in [3.8, 4) is 11.1 Å². The van der Waals surface area contributed by atoms with Gasteiger partial charge in [-0.25, -0.2) is 0 Å². The van der Waals surface area contributed by atoms with Crippen molar-refractivity contribution < 1.29 is 0 Å². The molecule has 0 aliphatic heterocycles. The molecule has 1 heteroatoms. The number of nitrogens with two attached hydrogens (primary N) is 1. The average molecular weight is 277 g/mol. The maximum Gasteiger partial charge on any atom is 0.0105 e. The minimum Gasteiger partial charge on any atom is -0.327 e. The van der Waals surface area contributed by atoms with Crippen LogP contribution in [0.3, 0.4) is 0 Å². The Hall–Kier alpha value is -1.60. The molecular formula is C20H23N. The largest absolute Gasteiger partial charge is 0.327 e. The van der Waals surface area contributed by atoms with E-state index in [0.29, 0.717) is 12.0 Å². The number of rotatable bonds is 2. The Morgan fingerprint density at radius 3 is 2.62 bits per heavy atom. The van der Waals surface area contributed by atoms with E-state index < -0.39 is 0 Å². The van der Waals surface area contributed by atoms with Crippen LogP contribution >= 0.6 is 0 Å². The van der Waals surface area contributed by atoms with Crippen LogP contribution in [-0.4, -0.2) is 6.04 Å². The van der Waals surface area contributed by atoms with Crippen LogP contribution in [0.4, 0.5) is 0 Å². The van der Waals surface area contributed by atoms with Gasteiger partial charge in [-0.15, -0.1) is 0 Å². The lowest BCUT2D eigenvalue weighted by molar-refractivity contribution is 0.0706. The predicted molar refractivity (Wildman–Crippen MR) is 88.4 cm³/mol. The smallest absolute Gasteiger partial charge is 0.0105 e. The zero-order chi connectivity index (χ0) is 14.6. The maximum absolute atomic E-state index is 6.28. The Bertz CT molecular complexity index is 703. The second-order valence-electron chi connectivity index (χ2n) is 7.00. The summed E-state index contributed by atoms with van der Waals surface area (Å²) in [7, 11) is 0. The number of hydrogen-bond donors (Lipinski definition) is 1. The Kier molecular flexibility index (Phi) is 2.77. The first kappa shape index (κ1) is 13.1. The van der Waals surface area contributed by atoms with Crippen LogP contribution in [0.1, 0.15) is 49.3 Å². The SMILES string of the molecule is CCC1(C)C(N)CC1c1ccc2c(c1)Cc1ccccc1-2. The average Bonchev–Trinajstić information content (AvgIpc) is 2.89. The zero-order valence-corrected chi connectivity index (χ0v) is 12.9. The van der Waals surface area contributed by atoms with Crippen molar-refractivity contribution in [1.29, 1.82) is 0 Å². The van der Waals surface area contributed by atoms with Gasteiger partial charge in [0.1, 0.15) is 0 Å². The van der Waals surface area contributed by atoms with Crippen LogP contribution in [0.5, 0.6) is 0 Å². The van der Waals surface area contributed by atoms with Gasteiger partial charge in [-0.05, 0) is 58.4 Å². The predicted octanol–water partition coefficient (Wildman–Crippen LogP) is 4.49. The zero-order valence-electron chi connectivity index (χ0n) is 12.9. The van der Waals surface area contributed by atoms with Crippen LogP contribution in [0, 0.1) is 5.41 Å². The van der Waals surface area contributed by atoms with Gasteiger partial charge in [0.15, 0.2) is 0 Å². The molecule has 0 spiro atoms. The molecule has 0 heterocycles. The molecule has 0 aromatic heterocycles. The van der Waals surface area contributed by atoms with E-state index >= 15 is 0 Å². The van der Waals surface area contributed by atoms with Gasteiger partial charge in [0.05, 0.1) is 0 Å². The fraction of sp³-hybridized carbons (Fsp3) is 0.400. The topological polar surface area (TPSA) is 26.0 Å². The maximum atomic E-state index is 6.28. The van der Waals surface area contributed by atoms with E-state index in [1.165, 1.54) is 27.8 Å². The molecule has 1 nitrogen and oxygen atoms in total. The molecule has 108 valence electrons. The molecule has 0 amide bonds. The molecule has 2 aromatic carbocycles. The second kappa shape index (κ2) is 4.45. The van der Waals surface area contributed by atoms with Crippen molar-refractivity contribution in [2.45, 2.75) is 45.1 Å². The summed E-state index contributed by atoms with van der Waals surface area (Å²) in [5.74, 6) is 0.631. The Morgan fingerprint density at radius 1 is 1.10 bits per heavy atom. The molecule has 3 atom stereocenters. The fourth-order valence-corrected chi connectivity index (χ4v) is 4.30. The lowest BCUT2D eigenvalue weighted by Crippen LogP contribution is -2.54. The highest BCUT2D eigenvalue weighted by atomic mass is 14.8. The molecule has 0 bridgehead atoms. The molecule has 1 saturated carbocycles. The summed E-state index contributed by atoms with van der Waals surface area (Å²) in [5.41, 5.74) is 13.9. The van der Waals surface area contributed by atoms with Crippen LogP contribution in [-0.2, 0) is 6.42 Å². The van der Waals surface area contributed by atoms with E-state index in [1.54, 1.807) is 0 Å². The van der Waals surface area contributed by atoms with Gasteiger partial charge in [-0.3, -0.25) is 0 Å². The third-order valence-electron chi connectivity index (χ3n) is 6.11. The summed E-state index contributed by atoms with van der Waals surface area (Å²) < 4.78 is 0. The van der Waals surface area contributed by atoms with Crippen LogP contribution < -0.4 is 5.73 Å². The van der Waals surface area contributed by atoms with Crippen LogP contribution in [0.2, 0.25) is 0 Å². The quantitative estimate of drug-likeness (QED) is 0.734. The molecule has 2 N–H and O–H groups in total. The first-order valence-corrected chi connectivity index (χ1v) is 8.10. The first-order chi connectivity index (χ1) is 10.1. The fourth-order valence-electron chi connectivity index (χ4n) is 4.30. The van der Waals surface area contributed by atoms with Gasteiger partial charge in [-0.2, -0.15) is 0 Å². The van der Waals surface area contributed by atoms with E-state index in [1.807, 2.05) is 0 Å². The Balaban J connectivity index is 1.71. The summed E-state index contributed by atoms with van der Waals surface area (Å²) >= 11 is 0. The molecule has 21 heavy (non-hydrogen) atoms. The Labute approximate surface area is 127 Å². The summed E-state index contributed by atoms with van der Waals surface area (Å²) in [6, 6.07) is 16.3. The molecular weight excluding hydrogens is 254 g/mol. The monoisotopic (exact) mass is 277 g/mol. The molecule has 0 radical (unpaired) electrons. The standard InChI is InChI=1S/C20H23N/c1-3-20(2)18(12-19(20)21)14-8-9-17-15(11-14)10-13-6-4-5-7-16(13)17/h4-9,11,18-19H,3,10,12,21H2,1-2H3. The van der Waals surface area contributed by atoms with Gasteiger partial charge in [-0.1, -0.05) is 56.3 Å². The molecule has 3 unspecified atom stereocenters. The lowest BCUT2D eigenvalue weighted by atomic mass is 9.54. The van der Waals surface area contributed by atoms with E-state index in [9.17, 15) is 0 Å². The normalized spacial score (nSPS) is 29.7. The van der Waals surface area contributed by atoms with Crippen LogP contribution in [0.15, 0.2) is 42.5 Å². The Morgan fingerprint density at radius 2 is 1.86 bits per heavy atom. The second-order valence-corrected chi connectivity index (χ2v) is 7.00. The van der Waals surface area contributed by atoms with Gasteiger partial charge in [0, 0.05) is 6.04 Å². The summed E-state index contributed by atoms with van der Waals surface area (Å²) in [5, 5.41) is 0. The highest BCUT2D eigenvalue weighted by Crippen LogP contribution is 2.54. The van der Waals surface area contributed by atoms with Crippen molar-refractivity contribution in [3.63, 3.8) is 0 Å². The van der Waals surface area contributed by atoms with E-state index in [4.69, 9.17) is 5.73 Å². The summed E-state index contributed by atoms with van der Waals surface area (Å²) in [4.78, 5) is 0. The first-order valence-electron chi connectivity index (χ1n) is 8.10. The van der Waals surface area contributed by atoms with Crippen molar-refractivity contribution >= 4 is 0 Å². The van der Waals surface area contributed by atoms with E-state index in [0.717, 1.165) is 19.3 Å². The van der Waals surface area contributed by atoms with Gasteiger partial charge in [0.2, 0.25) is 0 Å². The van der Waals surface area contributed by atoms with Crippen molar-refractivity contribution in [2.75, 3.05) is 0 Å². The summed E-state index contributed by atoms with van der Waals surface area (Å²) in [6.45, 7) is 4.63. The van der Waals surface area contributed by atoms with Crippen molar-refractivity contribution in [2.24, 2.45) is 11.1 Å². The lowest BCUT2D eigenvalue weighted by Gasteiger charge is -2.53. The number of hydrogen-bond acceptors (Lipinski definition) is 1. The third kappa shape index (κ3) is 1.74. The third-order valence-corrected chi connectivity index (χ3v) is 6.11. The van der Waals surface area contributed by atoms with Gasteiger partial charge >= 0.3 is 0 Å². The number of fused-ring (bicyclic) bond motifs is 3. The molecule has 0 saturated heterocycles. The summed E-state index contributed by atoms with van der Waals surface area (Å²) in [6.07, 6.45) is 3.38. The highest BCUT2D eigenvalue weighted by Gasteiger charge is 2.48. The van der Waals surface area contributed by atoms with Crippen molar-refractivity contribution in [3.05, 3.63) is 59.2 Å². The van der Waals surface area contributed by atoms with E-state index in [-0.39, 0.29) is 5.41 Å². The molecule has 4 rings (SSSR count). The minimum atomic E-state index is 0.277. The minimum absolute atomic E-state index is 0.277. The van der Waals surface area contributed by atoms with Crippen LogP contribution in [0.25, 0.3) is 11.1 Å². The molecule has 2 aliphatic carbocycles. The van der Waals surface area contributed by atoms with Gasteiger partial charge < -0.3 is 5.73 Å². The molecule has 1 fully saturated rings.